The molecule has 0 fully saturated rings. The van der Waals surface area contributed by atoms with Gasteiger partial charge in [0.15, 0.2) is 0 Å². The second kappa shape index (κ2) is 8.17. The van der Waals surface area contributed by atoms with E-state index in [-0.39, 0.29) is 6.61 Å². The SMILES string of the molecule is C=CC(=O)OCc1ccc(N(c2ccccc2)c2ccc(C)cc2)cc1. The molecule has 0 aliphatic heterocycles. The monoisotopic (exact) mass is 343 g/mol. The quantitative estimate of drug-likeness (QED) is 0.425. The van der Waals surface area contributed by atoms with E-state index in [9.17, 15) is 4.79 Å². The maximum atomic E-state index is 11.2. The maximum absolute atomic E-state index is 11.2. The zero-order chi connectivity index (χ0) is 18.4. The van der Waals surface area contributed by atoms with E-state index >= 15 is 0 Å². The van der Waals surface area contributed by atoms with Crippen molar-refractivity contribution in [3.63, 3.8) is 0 Å². The maximum Gasteiger partial charge on any atom is 0.330 e. The zero-order valence-electron chi connectivity index (χ0n) is 14.8. The van der Waals surface area contributed by atoms with Crippen LogP contribution in [0.4, 0.5) is 17.1 Å². The van der Waals surface area contributed by atoms with Gasteiger partial charge in [-0.1, -0.05) is 54.6 Å². The molecule has 0 saturated heterocycles. The highest BCUT2D eigenvalue weighted by molar-refractivity contribution is 5.81. The molecule has 3 aromatic rings. The number of carbonyl (C=O) groups excluding carboxylic acids is 1. The molecule has 0 amide bonds. The number of nitrogens with zero attached hydrogens (tertiary/aromatic N) is 1. The van der Waals surface area contributed by atoms with E-state index in [4.69, 9.17) is 4.74 Å². The first-order chi connectivity index (χ1) is 12.7. The Bertz CT molecular complexity index is 868. The first-order valence-corrected chi connectivity index (χ1v) is 8.47. The van der Waals surface area contributed by atoms with Crippen molar-refractivity contribution in [3.8, 4) is 0 Å². The van der Waals surface area contributed by atoms with Crippen LogP contribution in [0.15, 0.2) is 91.5 Å². The van der Waals surface area contributed by atoms with Crippen LogP contribution in [-0.4, -0.2) is 5.97 Å². The van der Waals surface area contributed by atoms with E-state index in [1.165, 1.54) is 11.6 Å². The number of hydrogen-bond donors (Lipinski definition) is 0. The highest BCUT2D eigenvalue weighted by Gasteiger charge is 2.12. The summed E-state index contributed by atoms with van der Waals surface area (Å²) in [6.45, 7) is 5.72. The lowest BCUT2D eigenvalue weighted by molar-refractivity contribution is -0.138. The van der Waals surface area contributed by atoms with E-state index in [0.29, 0.717) is 0 Å². The van der Waals surface area contributed by atoms with Gasteiger partial charge < -0.3 is 9.64 Å². The van der Waals surface area contributed by atoms with E-state index in [1.807, 2.05) is 42.5 Å². The fraction of sp³-hybridized carbons (Fsp3) is 0.0870. The second-order valence-corrected chi connectivity index (χ2v) is 5.98. The number of anilines is 3. The summed E-state index contributed by atoms with van der Waals surface area (Å²) in [6.07, 6.45) is 1.17. The van der Waals surface area contributed by atoms with Crippen molar-refractivity contribution < 1.29 is 9.53 Å². The number of para-hydroxylation sites is 1. The molecule has 0 aliphatic carbocycles. The van der Waals surface area contributed by atoms with E-state index in [1.54, 1.807) is 0 Å². The Morgan fingerprint density at radius 1 is 0.885 bits per heavy atom. The summed E-state index contributed by atoms with van der Waals surface area (Å²) in [5, 5.41) is 0. The summed E-state index contributed by atoms with van der Waals surface area (Å²) in [4.78, 5) is 13.4. The van der Waals surface area contributed by atoms with Crippen molar-refractivity contribution >= 4 is 23.0 Å². The molecule has 0 atom stereocenters. The topological polar surface area (TPSA) is 29.5 Å². The Morgan fingerprint density at radius 3 is 2.00 bits per heavy atom. The smallest absolute Gasteiger partial charge is 0.330 e. The standard InChI is InChI=1S/C23H21NO2/c1-3-23(25)26-17-19-11-15-22(16-12-19)24(20-7-5-4-6-8-20)21-13-9-18(2)10-14-21/h3-16H,1,17H2,2H3. The predicted octanol–water partition coefficient (Wildman–Crippen LogP) is 5.69. The van der Waals surface area contributed by atoms with Crippen molar-refractivity contribution in [2.45, 2.75) is 13.5 Å². The van der Waals surface area contributed by atoms with Gasteiger partial charge in [0.25, 0.3) is 0 Å². The zero-order valence-corrected chi connectivity index (χ0v) is 14.8. The number of aryl methyl sites for hydroxylation is 1. The molecule has 0 saturated carbocycles. The summed E-state index contributed by atoms with van der Waals surface area (Å²) in [5.41, 5.74) is 5.37. The molecule has 0 N–H and O–H groups in total. The Balaban J connectivity index is 1.91. The molecule has 26 heavy (non-hydrogen) atoms. The number of rotatable bonds is 6. The molecule has 0 spiro atoms. The largest absolute Gasteiger partial charge is 0.458 e. The fourth-order valence-corrected chi connectivity index (χ4v) is 2.67. The van der Waals surface area contributed by atoms with Gasteiger partial charge in [0.2, 0.25) is 0 Å². The van der Waals surface area contributed by atoms with Crippen LogP contribution in [0.1, 0.15) is 11.1 Å². The molecule has 3 aromatic carbocycles. The van der Waals surface area contributed by atoms with Crippen LogP contribution in [0.3, 0.4) is 0 Å². The lowest BCUT2D eigenvalue weighted by Gasteiger charge is -2.25. The third kappa shape index (κ3) is 4.19. The third-order valence-corrected chi connectivity index (χ3v) is 4.05. The van der Waals surface area contributed by atoms with Gasteiger partial charge in [-0.15, -0.1) is 0 Å². The molecule has 3 heteroatoms. The van der Waals surface area contributed by atoms with Gasteiger partial charge >= 0.3 is 5.97 Å². The average molecular weight is 343 g/mol. The van der Waals surface area contributed by atoms with Crippen LogP contribution in [0.25, 0.3) is 0 Å². The van der Waals surface area contributed by atoms with Crippen molar-refractivity contribution in [3.05, 3.63) is 103 Å². The van der Waals surface area contributed by atoms with Crippen molar-refractivity contribution in [1.29, 1.82) is 0 Å². The first kappa shape index (κ1) is 17.5. The van der Waals surface area contributed by atoms with Crippen molar-refractivity contribution in [2.75, 3.05) is 4.90 Å². The minimum absolute atomic E-state index is 0.237. The van der Waals surface area contributed by atoms with Gasteiger partial charge in [0, 0.05) is 23.1 Å². The van der Waals surface area contributed by atoms with Crippen LogP contribution in [0.2, 0.25) is 0 Å². The van der Waals surface area contributed by atoms with Crippen molar-refractivity contribution in [1.82, 2.24) is 0 Å². The third-order valence-electron chi connectivity index (χ3n) is 4.05. The van der Waals surface area contributed by atoms with Crippen molar-refractivity contribution in [2.24, 2.45) is 0 Å². The van der Waals surface area contributed by atoms with E-state index in [2.05, 4.69) is 54.8 Å². The van der Waals surface area contributed by atoms with Gasteiger partial charge in [-0.2, -0.15) is 0 Å². The van der Waals surface area contributed by atoms with E-state index in [0.717, 1.165) is 22.6 Å². The first-order valence-electron chi connectivity index (χ1n) is 8.47. The number of ether oxygens (including phenoxy) is 1. The molecular formula is C23H21NO2. The van der Waals surface area contributed by atoms with Crippen LogP contribution < -0.4 is 4.90 Å². The predicted molar refractivity (Wildman–Crippen MR) is 106 cm³/mol. The molecule has 130 valence electrons. The summed E-state index contributed by atoms with van der Waals surface area (Å²) < 4.78 is 5.09. The molecule has 0 bridgehead atoms. The van der Waals surface area contributed by atoms with Gasteiger partial charge in [0.05, 0.1) is 0 Å². The molecule has 0 unspecified atom stereocenters. The molecule has 0 heterocycles. The average Bonchev–Trinajstić information content (AvgIpc) is 2.69. The summed E-state index contributed by atoms with van der Waals surface area (Å²) in [6, 6.07) is 26.7. The summed E-state index contributed by atoms with van der Waals surface area (Å²) in [5.74, 6) is -0.417. The van der Waals surface area contributed by atoms with Gasteiger partial charge in [0.1, 0.15) is 6.61 Å². The van der Waals surface area contributed by atoms with Crippen LogP contribution in [0, 0.1) is 6.92 Å². The number of esters is 1. The Labute approximate surface area is 154 Å². The number of hydrogen-bond acceptors (Lipinski definition) is 3. The highest BCUT2D eigenvalue weighted by Crippen LogP contribution is 2.34. The van der Waals surface area contributed by atoms with Gasteiger partial charge in [-0.3, -0.25) is 0 Å². The molecule has 0 aromatic heterocycles. The lowest BCUT2D eigenvalue weighted by Crippen LogP contribution is -2.10. The van der Waals surface area contributed by atoms with Gasteiger partial charge in [-0.05, 0) is 48.9 Å². The molecule has 3 nitrogen and oxygen atoms in total. The van der Waals surface area contributed by atoms with Crippen LogP contribution >= 0.6 is 0 Å². The van der Waals surface area contributed by atoms with Gasteiger partial charge in [-0.25, -0.2) is 4.79 Å². The van der Waals surface area contributed by atoms with Crippen LogP contribution in [-0.2, 0) is 16.1 Å². The van der Waals surface area contributed by atoms with Crippen LogP contribution in [0.5, 0.6) is 0 Å². The minimum atomic E-state index is -0.417. The molecule has 0 radical (unpaired) electrons. The number of benzene rings is 3. The Hall–Kier alpha value is -3.33. The summed E-state index contributed by atoms with van der Waals surface area (Å²) in [7, 11) is 0. The normalized spacial score (nSPS) is 10.2. The summed E-state index contributed by atoms with van der Waals surface area (Å²) >= 11 is 0. The minimum Gasteiger partial charge on any atom is -0.458 e. The Kier molecular flexibility index (Phi) is 5.49. The van der Waals surface area contributed by atoms with E-state index < -0.39 is 5.97 Å². The highest BCUT2D eigenvalue weighted by atomic mass is 16.5. The number of carbonyl (C=O) groups is 1. The second-order valence-electron chi connectivity index (χ2n) is 5.98. The Morgan fingerprint density at radius 2 is 1.42 bits per heavy atom. The molecular weight excluding hydrogens is 322 g/mol. The molecule has 3 rings (SSSR count). The molecule has 0 aliphatic rings. The fourth-order valence-electron chi connectivity index (χ4n) is 2.67. The lowest BCUT2D eigenvalue weighted by atomic mass is 10.1.